The Kier molecular flexibility index (Phi) is 5.51. The highest BCUT2D eigenvalue weighted by molar-refractivity contribution is 5.92. The van der Waals surface area contributed by atoms with Crippen molar-refractivity contribution < 1.29 is 54.4 Å². The number of carboxylic acids is 2. The van der Waals surface area contributed by atoms with Crippen molar-refractivity contribution in [3.8, 4) is 0 Å². The van der Waals surface area contributed by atoms with Crippen LogP contribution in [0.25, 0.3) is 0 Å². The first-order chi connectivity index (χ1) is 12.8. The van der Waals surface area contributed by atoms with Gasteiger partial charge in [-0.25, -0.2) is 9.59 Å². The lowest BCUT2D eigenvalue weighted by Gasteiger charge is -2.41. The van der Waals surface area contributed by atoms with Crippen LogP contribution in [0.1, 0.15) is 12.8 Å². The van der Waals surface area contributed by atoms with Crippen LogP contribution in [-0.4, -0.2) is 86.2 Å². The maximum absolute atomic E-state index is 11.5. The molecule has 27 heavy (non-hydrogen) atoms. The Morgan fingerprint density at radius 1 is 1.11 bits per heavy atom. The Labute approximate surface area is 152 Å². The quantitative estimate of drug-likeness (QED) is 0.304. The molecule has 2 aliphatic heterocycles. The first-order valence-corrected chi connectivity index (χ1v) is 8.27. The second-order valence-electron chi connectivity index (χ2n) is 6.51. The molecule has 1 aliphatic carbocycles. The van der Waals surface area contributed by atoms with Crippen LogP contribution in [0.5, 0.6) is 0 Å². The largest absolute Gasteiger partial charge is 0.478 e. The van der Waals surface area contributed by atoms with Crippen molar-refractivity contribution >= 4 is 11.9 Å². The second-order valence-corrected chi connectivity index (χ2v) is 6.51. The van der Waals surface area contributed by atoms with Gasteiger partial charge in [0.2, 0.25) is 6.29 Å². The fourth-order valence-corrected chi connectivity index (χ4v) is 3.56. The molecule has 7 atom stereocenters. The van der Waals surface area contributed by atoms with Gasteiger partial charge in [-0.1, -0.05) is 0 Å². The van der Waals surface area contributed by atoms with Gasteiger partial charge in [-0.3, -0.25) is 0 Å². The summed E-state index contributed by atoms with van der Waals surface area (Å²) in [6.07, 6.45) is -7.78. The average Bonchev–Trinajstić information content (AvgIpc) is 3.07. The van der Waals surface area contributed by atoms with Crippen molar-refractivity contribution in [3.05, 3.63) is 23.0 Å². The topological polar surface area (TPSA) is 183 Å². The molecule has 1 fully saturated rings. The summed E-state index contributed by atoms with van der Waals surface area (Å²) in [5.74, 6) is -3.24. The smallest absolute Gasteiger partial charge is 0.335 e. The van der Waals surface area contributed by atoms with Crippen LogP contribution in [0.15, 0.2) is 23.0 Å². The van der Waals surface area contributed by atoms with E-state index in [1.807, 2.05) is 0 Å². The highest BCUT2D eigenvalue weighted by Gasteiger charge is 2.48. The number of rotatable bonds is 5. The first kappa shape index (κ1) is 19.7. The summed E-state index contributed by atoms with van der Waals surface area (Å²) in [6, 6.07) is 0. The zero-order valence-electron chi connectivity index (χ0n) is 14.0. The molecule has 3 rings (SSSR count). The Balaban J connectivity index is 1.88. The van der Waals surface area contributed by atoms with E-state index in [4.69, 9.17) is 14.2 Å². The molecule has 1 saturated heterocycles. The zero-order valence-corrected chi connectivity index (χ0v) is 14.0. The first-order valence-electron chi connectivity index (χ1n) is 8.27. The maximum Gasteiger partial charge on any atom is 0.335 e. The molecule has 2 heterocycles. The standard InChI is InChI=1S/C16H20O11/c17-3-8-10(18)11(19)12(20)16(26-8)27-15-9-5(1-2-6(9)13(21)22)7(4-25-15)14(23)24/h4-5,8,10-12,15-20H,1-3H2,(H,21,22)(H,23,24)/t5?,8-,10-,11+,12-,15+,16+/m1/s1. The van der Waals surface area contributed by atoms with E-state index in [1.165, 1.54) is 0 Å². The van der Waals surface area contributed by atoms with Crippen LogP contribution in [0.4, 0.5) is 0 Å². The summed E-state index contributed by atoms with van der Waals surface area (Å²) >= 11 is 0. The van der Waals surface area contributed by atoms with E-state index in [0.29, 0.717) is 0 Å². The van der Waals surface area contributed by atoms with Crippen LogP contribution >= 0.6 is 0 Å². The van der Waals surface area contributed by atoms with Gasteiger partial charge in [0.05, 0.1) is 18.4 Å². The van der Waals surface area contributed by atoms with Crippen molar-refractivity contribution in [2.45, 2.75) is 49.8 Å². The van der Waals surface area contributed by atoms with Crippen molar-refractivity contribution in [2.75, 3.05) is 6.61 Å². The predicted molar refractivity (Wildman–Crippen MR) is 82.8 cm³/mol. The number of hydrogen-bond acceptors (Lipinski definition) is 9. The van der Waals surface area contributed by atoms with Crippen molar-refractivity contribution in [3.63, 3.8) is 0 Å². The number of aliphatic hydroxyl groups is 4. The molecule has 11 heteroatoms. The van der Waals surface area contributed by atoms with E-state index in [0.717, 1.165) is 6.26 Å². The van der Waals surface area contributed by atoms with E-state index in [2.05, 4.69) is 0 Å². The minimum Gasteiger partial charge on any atom is -0.478 e. The average molecular weight is 388 g/mol. The van der Waals surface area contributed by atoms with Crippen LogP contribution in [0.2, 0.25) is 0 Å². The third-order valence-corrected chi connectivity index (χ3v) is 4.97. The molecule has 0 radical (unpaired) electrons. The molecule has 0 aromatic heterocycles. The Bertz CT molecular complexity index is 682. The minimum atomic E-state index is -1.70. The van der Waals surface area contributed by atoms with Gasteiger partial charge in [-0.15, -0.1) is 0 Å². The molecule has 0 spiro atoms. The molecule has 6 N–H and O–H groups in total. The Morgan fingerprint density at radius 3 is 2.41 bits per heavy atom. The zero-order chi connectivity index (χ0) is 19.9. The van der Waals surface area contributed by atoms with Gasteiger partial charge in [0.15, 0.2) is 6.29 Å². The molecule has 0 amide bonds. The molecule has 3 aliphatic rings. The van der Waals surface area contributed by atoms with E-state index in [1.54, 1.807) is 0 Å². The fourth-order valence-electron chi connectivity index (χ4n) is 3.56. The van der Waals surface area contributed by atoms with Crippen LogP contribution < -0.4 is 0 Å². The molecule has 0 saturated carbocycles. The molecule has 11 nitrogen and oxygen atoms in total. The molecular weight excluding hydrogens is 368 g/mol. The summed E-state index contributed by atoms with van der Waals surface area (Å²) in [5, 5.41) is 57.6. The second kappa shape index (κ2) is 7.54. The van der Waals surface area contributed by atoms with Crippen molar-refractivity contribution in [1.82, 2.24) is 0 Å². The molecule has 1 unspecified atom stereocenters. The number of carbonyl (C=O) groups is 2. The number of fused-ring (bicyclic) bond motifs is 1. The summed E-state index contributed by atoms with van der Waals surface area (Å²) < 4.78 is 16.0. The third-order valence-electron chi connectivity index (χ3n) is 4.97. The van der Waals surface area contributed by atoms with E-state index in [-0.39, 0.29) is 29.6 Å². The number of aliphatic hydroxyl groups excluding tert-OH is 4. The lowest BCUT2D eigenvalue weighted by molar-refractivity contribution is -0.327. The molecule has 0 bridgehead atoms. The predicted octanol–water partition coefficient (Wildman–Crippen LogP) is -2.08. The monoisotopic (exact) mass is 388 g/mol. The summed E-state index contributed by atoms with van der Waals surface area (Å²) in [7, 11) is 0. The maximum atomic E-state index is 11.5. The van der Waals surface area contributed by atoms with Gasteiger partial charge in [0.25, 0.3) is 0 Å². The molecule has 0 aromatic rings. The van der Waals surface area contributed by atoms with E-state index >= 15 is 0 Å². The summed E-state index contributed by atoms with van der Waals surface area (Å²) in [4.78, 5) is 22.9. The van der Waals surface area contributed by atoms with Crippen molar-refractivity contribution in [2.24, 2.45) is 5.92 Å². The third kappa shape index (κ3) is 3.45. The normalized spacial score (nSPS) is 38.8. The number of carboxylic acid groups (broad SMARTS) is 2. The van der Waals surface area contributed by atoms with E-state index < -0.39 is 61.5 Å². The minimum absolute atomic E-state index is 0.0542. The highest BCUT2D eigenvalue weighted by Crippen LogP contribution is 2.43. The number of hydrogen-bond donors (Lipinski definition) is 6. The van der Waals surface area contributed by atoms with Crippen LogP contribution in [0, 0.1) is 5.92 Å². The van der Waals surface area contributed by atoms with Crippen LogP contribution in [0.3, 0.4) is 0 Å². The van der Waals surface area contributed by atoms with E-state index in [9.17, 15) is 40.2 Å². The van der Waals surface area contributed by atoms with Gasteiger partial charge in [0, 0.05) is 17.1 Å². The molecule has 0 aromatic carbocycles. The van der Waals surface area contributed by atoms with Gasteiger partial charge in [-0.05, 0) is 12.8 Å². The number of ether oxygens (including phenoxy) is 3. The fraction of sp³-hybridized carbons (Fsp3) is 0.625. The van der Waals surface area contributed by atoms with Crippen LogP contribution in [-0.2, 0) is 23.8 Å². The molecular formula is C16H20O11. The summed E-state index contributed by atoms with van der Waals surface area (Å²) in [6.45, 7) is -0.662. The Hall–Kier alpha value is -2.02. The van der Waals surface area contributed by atoms with Gasteiger partial charge in [-0.2, -0.15) is 0 Å². The van der Waals surface area contributed by atoms with Gasteiger partial charge < -0.3 is 44.8 Å². The lowest BCUT2D eigenvalue weighted by Crippen LogP contribution is -2.60. The molecule has 150 valence electrons. The van der Waals surface area contributed by atoms with Gasteiger partial charge >= 0.3 is 11.9 Å². The Morgan fingerprint density at radius 2 is 1.81 bits per heavy atom. The van der Waals surface area contributed by atoms with Gasteiger partial charge in [0.1, 0.15) is 24.4 Å². The van der Waals surface area contributed by atoms with Crippen molar-refractivity contribution in [1.29, 1.82) is 0 Å². The summed E-state index contributed by atoms with van der Waals surface area (Å²) in [5.41, 5.74) is -0.0734. The highest BCUT2D eigenvalue weighted by atomic mass is 16.8. The lowest BCUT2D eigenvalue weighted by atomic mass is 9.90. The SMILES string of the molecule is O=C(O)C1=CO[C@@H](O[C@@H]2O[C@H](CO)[C@@H](O)[C@H](O)[C@H]2O)C2=C(C(=O)O)CCC12. The number of aliphatic carboxylic acids is 2.